The van der Waals surface area contributed by atoms with Crippen LogP contribution in [0.5, 0.6) is 0 Å². The molecular weight excluding hydrogens is 224 g/mol. The summed E-state index contributed by atoms with van der Waals surface area (Å²) in [4.78, 5) is 6.83. The molecule has 0 spiro atoms. The molecule has 0 fully saturated rings. The molecule has 0 unspecified atom stereocenters. The summed E-state index contributed by atoms with van der Waals surface area (Å²) in [5.41, 5.74) is 8.88. The topological polar surface area (TPSA) is 46.6 Å². The van der Waals surface area contributed by atoms with Crippen molar-refractivity contribution in [2.45, 2.75) is 39.8 Å². The van der Waals surface area contributed by atoms with E-state index in [4.69, 9.17) is 5.73 Å². The first-order valence-corrected chi connectivity index (χ1v) is 6.38. The number of pyridine rings is 1. The fourth-order valence-electron chi connectivity index (χ4n) is 2.18. The van der Waals surface area contributed by atoms with Gasteiger partial charge in [0.1, 0.15) is 5.65 Å². The number of nitrogens with zero attached hydrogens (tertiary/aromatic N) is 3. The summed E-state index contributed by atoms with van der Waals surface area (Å²) in [5.74, 6) is 0. The number of nitrogen functional groups attached to an aromatic ring is 1. The smallest absolute Gasteiger partial charge is 0.137 e. The minimum atomic E-state index is 0.152. The van der Waals surface area contributed by atoms with E-state index in [1.54, 1.807) is 0 Å². The van der Waals surface area contributed by atoms with E-state index in [9.17, 15) is 0 Å². The summed E-state index contributed by atoms with van der Waals surface area (Å²) in [7, 11) is 0. The highest BCUT2D eigenvalue weighted by Crippen LogP contribution is 2.18. The van der Waals surface area contributed by atoms with Gasteiger partial charge in [-0.1, -0.05) is 6.92 Å². The molecule has 2 rings (SSSR count). The number of aromatic nitrogens is 2. The highest BCUT2D eigenvalue weighted by molar-refractivity contribution is 5.48. The minimum Gasteiger partial charge on any atom is -0.398 e. The van der Waals surface area contributed by atoms with Gasteiger partial charge in [-0.25, -0.2) is 4.98 Å². The molecule has 2 aromatic heterocycles. The molecule has 4 nitrogen and oxygen atoms in total. The summed E-state index contributed by atoms with van der Waals surface area (Å²) >= 11 is 0. The van der Waals surface area contributed by atoms with Crippen LogP contribution in [0.1, 0.15) is 33.4 Å². The van der Waals surface area contributed by atoms with Crippen molar-refractivity contribution in [1.29, 1.82) is 0 Å². The predicted octanol–water partition coefficient (Wildman–Crippen LogP) is 2.54. The van der Waals surface area contributed by atoms with Gasteiger partial charge in [-0.15, -0.1) is 0 Å². The first kappa shape index (κ1) is 12.9. The molecule has 0 saturated carbocycles. The van der Waals surface area contributed by atoms with E-state index in [2.05, 4.69) is 42.0 Å². The Bertz CT molecular complexity index is 536. The Balaban J connectivity index is 2.34. The van der Waals surface area contributed by atoms with Gasteiger partial charge in [0.05, 0.1) is 11.9 Å². The number of fused-ring (bicyclic) bond motifs is 1. The first-order valence-electron chi connectivity index (χ1n) is 6.38. The van der Waals surface area contributed by atoms with Crippen LogP contribution in [0.4, 0.5) is 5.69 Å². The quantitative estimate of drug-likeness (QED) is 0.905. The first-order chi connectivity index (χ1) is 8.41. The van der Waals surface area contributed by atoms with Gasteiger partial charge in [0, 0.05) is 24.0 Å². The van der Waals surface area contributed by atoms with Crippen molar-refractivity contribution in [1.82, 2.24) is 14.3 Å². The largest absolute Gasteiger partial charge is 0.398 e. The van der Waals surface area contributed by atoms with E-state index in [1.165, 1.54) is 5.69 Å². The number of anilines is 1. The van der Waals surface area contributed by atoms with E-state index in [-0.39, 0.29) is 5.54 Å². The van der Waals surface area contributed by atoms with E-state index < -0.39 is 0 Å². The summed E-state index contributed by atoms with van der Waals surface area (Å²) in [6, 6.07) is 3.83. The predicted molar refractivity (Wildman–Crippen MR) is 75.4 cm³/mol. The van der Waals surface area contributed by atoms with Crippen molar-refractivity contribution in [3.05, 3.63) is 30.2 Å². The maximum Gasteiger partial charge on any atom is 0.137 e. The fourth-order valence-corrected chi connectivity index (χ4v) is 2.18. The Morgan fingerprint density at radius 2 is 2.06 bits per heavy atom. The fraction of sp³-hybridized carbons (Fsp3) is 0.500. The number of hydrogen-bond acceptors (Lipinski definition) is 3. The summed E-state index contributed by atoms with van der Waals surface area (Å²) in [5, 5.41) is 0. The van der Waals surface area contributed by atoms with Gasteiger partial charge in [0.15, 0.2) is 0 Å². The van der Waals surface area contributed by atoms with Crippen LogP contribution in [-0.4, -0.2) is 26.4 Å². The molecule has 0 aliphatic carbocycles. The van der Waals surface area contributed by atoms with Crippen molar-refractivity contribution in [2.24, 2.45) is 0 Å². The lowest BCUT2D eigenvalue weighted by atomic mass is 10.1. The lowest BCUT2D eigenvalue weighted by molar-refractivity contribution is 0.134. The van der Waals surface area contributed by atoms with Crippen LogP contribution in [-0.2, 0) is 6.54 Å². The van der Waals surface area contributed by atoms with E-state index in [1.807, 2.05) is 24.5 Å². The average molecular weight is 246 g/mol. The Hall–Kier alpha value is -1.55. The van der Waals surface area contributed by atoms with E-state index >= 15 is 0 Å². The maximum atomic E-state index is 5.84. The molecule has 0 amide bonds. The molecule has 2 N–H and O–H groups in total. The van der Waals surface area contributed by atoms with Crippen LogP contribution in [0.3, 0.4) is 0 Å². The number of rotatable bonds is 3. The van der Waals surface area contributed by atoms with Gasteiger partial charge in [-0.05, 0) is 39.4 Å². The normalized spacial score (nSPS) is 12.5. The van der Waals surface area contributed by atoms with Crippen molar-refractivity contribution < 1.29 is 0 Å². The monoisotopic (exact) mass is 246 g/mol. The Morgan fingerprint density at radius 3 is 2.67 bits per heavy atom. The van der Waals surface area contributed by atoms with Crippen molar-refractivity contribution in [3.8, 4) is 0 Å². The molecule has 98 valence electrons. The Kier molecular flexibility index (Phi) is 3.30. The zero-order valence-electron chi connectivity index (χ0n) is 11.6. The van der Waals surface area contributed by atoms with Gasteiger partial charge in [-0.3, -0.25) is 4.90 Å². The highest BCUT2D eigenvalue weighted by Gasteiger charge is 2.20. The number of imidazole rings is 1. The average Bonchev–Trinajstić information content (AvgIpc) is 2.66. The third-order valence-electron chi connectivity index (χ3n) is 3.29. The Morgan fingerprint density at radius 1 is 1.33 bits per heavy atom. The molecular formula is C14H22N4. The second-order valence-corrected chi connectivity index (χ2v) is 5.63. The third-order valence-corrected chi connectivity index (χ3v) is 3.29. The van der Waals surface area contributed by atoms with Gasteiger partial charge >= 0.3 is 0 Å². The standard InChI is InChI=1S/C14H22N4/c1-5-17(14(2,3)4)10-12-8-16-13-7-6-11(15)9-18(12)13/h6-9H,5,10,15H2,1-4H3. The molecule has 4 heteroatoms. The third kappa shape index (κ3) is 2.48. The van der Waals surface area contributed by atoms with Crippen molar-refractivity contribution in [3.63, 3.8) is 0 Å². The van der Waals surface area contributed by atoms with Crippen LogP contribution >= 0.6 is 0 Å². The molecule has 0 aliphatic rings. The van der Waals surface area contributed by atoms with Crippen LogP contribution in [0.2, 0.25) is 0 Å². The van der Waals surface area contributed by atoms with Crippen LogP contribution in [0.15, 0.2) is 24.5 Å². The van der Waals surface area contributed by atoms with E-state index in [0.717, 1.165) is 24.4 Å². The second kappa shape index (κ2) is 4.61. The molecule has 0 bridgehead atoms. The minimum absolute atomic E-state index is 0.152. The molecule has 18 heavy (non-hydrogen) atoms. The molecule has 0 atom stereocenters. The molecule has 0 saturated heterocycles. The second-order valence-electron chi connectivity index (χ2n) is 5.63. The van der Waals surface area contributed by atoms with Crippen LogP contribution in [0, 0.1) is 0 Å². The zero-order valence-corrected chi connectivity index (χ0v) is 11.6. The molecule has 0 aromatic carbocycles. The SMILES string of the molecule is CCN(Cc1cnc2ccc(N)cn12)C(C)(C)C. The van der Waals surface area contributed by atoms with Gasteiger partial charge in [-0.2, -0.15) is 0 Å². The summed E-state index contributed by atoms with van der Waals surface area (Å²) in [6.07, 6.45) is 3.87. The van der Waals surface area contributed by atoms with Gasteiger partial charge < -0.3 is 10.1 Å². The van der Waals surface area contributed by atoms with Crippen LogP contribution < -0.4 is 5.73 Å². The number of nitrogens with two attached hydrogens (primary N) is 1. The molecule has 0 radical (unpaired) electrons. The van der Waals surface area contributed by atoms with E-state index in [0.29, 0.717) is 0 Å². The molecule has 2 heterocycles. The summed E-state index contributed by atoms with van der Waals surface area (Å²) in [6.45, 7) is 10.8. The van der Waals surface area contributed by atoms with Crippen molar-refractivity contribution >= 4 is 11.3 Å². The molecule has 2 aromatic rings. The van der Waals surface area contributed by atoms with Gasteiger partial charge in [0.2, 0.25) is 0 Å². The lowest BCUT2D eigenvalue weighted by Crippen LogP contribution is -2.40. The zero-order chi connectivity index (χ0) is 13.3. The summed E-state index contributed by atoms with van der Waals surface area (Å²) < 4.78 is 2.07. The number of hydrogen-bond donors (Lipinski definition) is 1. The highest BCUT2D eigenvalue weighted by atomic mass is 15.2. The van der Waals surface area contributed by atoms with Crippen molar-refractivity contribution in [2.75, 3.05) is 12.3 Å². The van der Waals surface area contributed by atoms with Crippen LogP contribution in [0.25, 0.3) is 5.65 Å². The maximum absolute atomic E-state index is 5.84. The molecule has 0 aliphatic heterocycles. The Labute approximate surface area is 108 Å². The lowest BCUT2D eigenvalue weighted by Gasteiger charge is -2.34. The van der Waals surface area contributed by atoms with Gasteiger partial charge in [0.25, 0.3) is 0 Å².